The monoisotopic (exact) mass is 446 g/mol. The first kappa shape index (κ1) is 21.9. The van der Waals surface area contributed by atoms with Crippen molar-refractivity contribution in [2.45, 2.75) is 0 Å². The maximum Gasteiger partial charge on any atom is 0.277 e. The van der Waals surface area contributed by atoms with E-state index in [9.17, 15) is 4.79 Å². The van der Waals surface area contributed by atoms with Gasteiger partial charge in [0.05, 0.1) is 42.6 Å². The molecule has 0 fully saturated rings. The molecule has 0 spiro atoms. The molecule has 2 aromatic carbocycles. The molecule has 0 aliphatic heterocycles. The van der Waals surface area contributed by atoms with Crippen LogP contribution in [-0.4, -0.2) is 40.1 Å². The van der Waals surface area contributed by atoms with Crippen molar-refractivity contribution in [3.8, 4) is 23.0 Å². The summed E-state index contributed by atoms with van der Waals surface area (Å²) >= 11 is 17.7. The van der Waals surface area contributed by atoms with Gasteiger partial charge in [0.1, 0.15) is 5.75 Å². The Balaban J connectivity index is 2.01. The molecule has 150 valence electrons. The van der Waals surface area contributed by atoms with E-state index in [4.69, 9.17) is 53.8 Å². The van der Waals surface area contributed by atoms with Crippen molar-refractivity contribution in [2.75, 3.05) is 27.9 Å². The predicted octanol–water partition coefficient (Wildman–Crippen LogP) is 4.20. The van der Waals surface area contributed by atoms with Crippen molar-refractivity contribution in [2.24, 2.45) is 5.10 Å². The Morgan fingerprint density at radius 1 is 0.964 bits per heavy atom. The van der Waals surface area contributed by atoms with Gasteiger partial charge in [-0.1, -0.05) is 34.8 Å². The summed E-state index contributed by atoms with van der Waals surface area (Å²) in [6, 6.07) is 6.26. The van der Waals surface area contributed by atoms with E-state index in [2.05, 4.69) is 10.5 Å². The van der Waals surface area contributed by atoms with Crippen molar-refractivity contribution < 1.29 is 23.7 Å². The number of carbonyl (C=O) groups excluding carboxylic acids is 1. The van der Waals surface area contributed by atoms with Crippen molar-refractivity contribution in [3.63, 3.8) is 0 Å². The molecule has 0 saturated heterocycles. The second-order valence-electron chi connectivity index (χ2n) is 5.20. The molecule has 2 aromatic rings. The fourth-order valence-electron chi connectivity index (χ4n) is 2.19. The van der Waals surface area contributed by atoms with Gasteiger partial charge in [0.2, 0.25) is 5.75 Å². The Bertz CT molecular complexity index is 890. The summed E-state index contributed by atoms with van der Waals surface area (Å²) in [5.74, 6) is 1.07. The third-order valence-corrected chi connectivity index (χ3v) is 4.48. The number of ether oxygens (including phenoxy) is 4. The minimum atomic E-state index is -0.502. The lowest BCUT2D eigenvalue weighted by atomic mass is 10.2. The van der Waals surface area contributed by atoms with Gasteiger partial charge in [-0.25, -0.2) is 5.43 Å². The Labute approximate surface area is 177 Å². The maximum absolute atomic E-state index is 11.9. The van der Waals surface area contributed by atoms with Gasteiger partial charge in [-0.15, -0.1) is 0 Å². The number of amides is 1. The highest BCUT2D eigenvalue weighted by Gasteiger charge is 2.15. The molecule has 0 aliphatic rings. The lowest BCUT2D eigenvalue weighted by Crippen LogP contribution is -2.24. The second-order valence-corrected chi connectivity index (χ2v) is 6.42. The lowest BCUT2D eigenvalue weighted by molar-refractivity contribution is -0.123. The van der Waals surface area contributed by atoms with Crippen molar-refractivity contribution >= 4 is 46.9 Å². The van der Waals surface area contributed by atoms with Crippen LogP contribution in [0.5, 0.6) is 23.0 Å². The molecule has 1 amide bonds. The van der Waals surface area contributed by atoms with E-state index >= 15 is 0 Å². The minimum absolute atomic E-state index is 0.233. The van der Waals surface area contributed by atoms with Crippen LogP contribution in [0.1, 0.15) is 5.56 Å². The number of carbonyl (C=O) groups is 1. The fourth-order valence-corrected chi connectivity index (χ4v) is 2.78. The normalized spacial score (nSPS) is 10.6. The second kappa shape index (κ2) is 10.3. The molecule has 0 radical (unpaired) electrons. The van der Waals surface area contributed by atoms with Crippen molar-refractivity contribution in [1.82, 2.24) is 5.43 Å². The molecule has 7 nitrogen and oxygen atoms in total. The van der Waals surface area contributed by atoms with Crippen LogP contribution in [0.4, 0.5) is 0 Å². The maximum atomic E-state index is 11.9. The number of halogens is 3. The summed E-state index contributed by atoms with van der Waals surface area (Å²) in [7, 11) is 4.50. The molecule has 0 saturated carbocycles. The number of rotatable bonds is 8. The Hall–Kier alpha value is -2.35. The number of hydrogen-bond donors (Lipinski definition) is 1. The first-order chi connectivity index (χ1) is 13.4. The summed E-state index contributed by atoms with van der Waals surface area (Å²) in [5.41, 5.74) is 2.92. The van der Waals surface area contributed by atoms with Gasteiger partial charge >= 0.3 is 0 Å². The Kier molecular flexibility index (Phi) is 8.04. The lowest BCUT2D eigenvalue weighted by Gasteiger charge is -2.13. The summed E-state index contributed by atoms with van der Waals surface area (Å²) in [6.45, 7) is -0.321. The van der Waals surface area contributed by atoms with E-state index in [1.165, 1.54) is 39.7 Å². The Morgan fingerprint density at radius 2 is 1.64 bits per heavy atom. The summed E-state index contributed by atoms with van der Waals surface area (Å²) in [5, 5.41) is 4.68. The summed E-state index contributed by atoms with van der Waals surface area (Å²) in [4.78, 5) is 11.9. The quantitative estimate of drug-likeness (QED) is 0.373. The number of nitrogens with one attached hydrogen (secondary N) is 1. The molecule has 0 heterocycles. The molecular weight excluding hydrogens is 431 g/mol. The third kappa shape index (κ3) is 5.34. The van der Waals surface area contributed by atoms with E-state index < -0.39 is 5.91 Å². The van der Waals surface area contributed by atoms with Crippen LogP contribution in [0.3, 0.4) is 0 Å². The molecule has 0 unspecified atom stereocenters. The number of nitrogens with zero attached hydrogens (tertiary/aromatic N) is 1. The fraction of sp³-hybridized carbons (Fsp3) is 0.222. The SMILES string of the molecule is COc1ccc(C=NNC(=O)COc2cc(Cl)c(Cl)cc2Cl)c(OC)c1OC. The molecule has 28 heavy (non-hydrogen) atoms. The van der Waals surface area contributed by atoms with Gasteiger partial charge in [0.15, 0.2) is 18.1 Å². The zero-order valence-electron chi connectivity index (χ0n) is 15.2. The Morgan fingerprint density at radius 3 is 2.29 bits per heavy atom. The van der Waals surface area contributed by atoms with Crippen LogP contribution in [0.2, 0.25) is 15.1 Å². The van der Waals surface area contributed by atoms with Crippen LogP contribution in [0.15, 0.2) is 29.4 Å². The zero-order valence-corrected chi connectivity index (χ0v) is 17.5. The minimum Gasteiger partial charge on any atom is -0.493 e. The molecular formula is C18H17Cl3N2O5. The van der Waals surface area contributed by atoms with E-state index in [-0.39, 0.29) is 27.4 Å². The molecule has 0 atom stereocenters. The van der Waals surface area contributed by atoms with Gasteiger partial charge < -0.3 is 18.9 Å². The molecule has 0 aromatic heterocycles. The van der Waals surface area contributed by atoms with Gasteiger partial charge in [-0.3, -0.25) is 4.79 Å². The summed E-state index contributed by atoms with van der Waals surface area (Å²) < 4.78 is 21.2. The molecule has 0 aliphatic carbocycles. The van der Waals surface area contributed by atoms with E-state index in [0.29, 0.717) is 22.8 Å². The van der Waals surface area contributed by atoms with Crippen LogP contribution in [0, 0.1) is 0 Å². The highest BCUT2D eigenvalue weighted by Crippen LogP contribution is 2.39. The van der Waals surface area contributed by atoms with Crippen LogP contribution < -0.4 is 24.4 Å². The first-order valence-corrected chi connectivity index (χ1v) is 8.92. The number of methoxy groups -OCH3 is 3. The topological polar surface area (TPSA) is 78.4 Å². The largest absolute Gasteiger partial charge is 0.493 e. The van der Waals surface area contributed by atoms with Crippen molar-refractivity contribution in [3.05, 3.63) is 44.9 Å². The molecule has 0 bridgehead atoms. The third-order valence-electron chi connectivity index (χ3n) is 3.46. The first-order valence-electron chi connectivity index (χ1n) is 7.79. The van der Waals surface area contributed by atoms with E-state index in [0.717, 1.165) is 0 Å². The van der Waals surface area contributed by atoms with Crippen molar-refractivity contribution in [1.29, 1.82) is 0 Å². The standard InChI is InChI=1S/C18H17Cl3N2O5/c1-25-14-5-4-10(17(26-2)18(14)27-3)8-22-23-16(24)9-28-15-7-12(20)11(19)6-13(15)21/h4-8H,9H2,1-3H3,(H,23,24). The summed E-state index contributed by atoms with van der Waals surface area (Å²) in [6.07, 6.45) is 1.41. The van der Waals surface area contributed by atoms with Crippen LogP contribution >= 0.6 is 34.8 Å². The van der Waals surface area contributed by atoms with Gasteiger partial charge in [0.25, 0.3) is 5.91 Å². The molecule has 1 N–H and O–H groups in total. The zero-order chi connectivity index (χ0) is 20.7. The smallest absolute Gasteiger partial charge is 0.277 e. The van der Waals surface area contributed by atoms with Gasteiger partial charge in [-0.05, 0) is 18.2 Å². The molecule has 2 rings (SSSR count). The number of hydrogen-bond acceptors (Lipinski definition) is 6. The van der Waals surface area contributed by atoms with Crippen LogP contribution in [-0.2, 0) is 4.79 Å². The van der Waals surface area contributed by atoms with Crippen LogP contribution in [0.25, 0.3) is 0 Å². The van der Waals surface area contributed by atoms with E-state index in [1.54, 1.807) is 12.1 Å². The van der Waals surface area contributed by atoms with Gasteiger partial charge in [0, 0.05) is 11.6 Å². The average molecular weight is 448 g/mol. The predicted molar refractivity (Wildman–Crippen MR) is 109 cm³/mol. The highest BCUT2D eigenvalue weighted by molar-refractivity contribution is 6.43. The highest BCUT2D eigenvalue weighted by atomic mass is 35.5. The van der Waals surface area contributed by atoms with Gasteiger partial charge in [-0.2, -0.15) is 5.10 Å². The average Bonchev–Trinajstić information content (AvgIpc) is 2.68. The molecule has 10 heteroatoms. The van der Waals surface area contributed by atoms with E-state index in [1.807, 2.05) is 0 Å². The number of benzene rings is 2. The number of hydrazone groups is 1.